The molecule has 116 valence electrons. The van der Waals surface area contributed by atoms with Crippen LogP contribution in [0.5, 0.6) is 5.75 Å². The highest BCUT2D eigenvalue weighted by molar-refractivity contribution is 5.94. The van der Waals surface area contributed by atoms with Crippen LogP contribution in [0.2, 0.25) is 0 Å². The summed E-state index contributed by atoms with van der Waals surface area (Å²) in [5, 5.41) is 22.6. The summed E-state index contributed by atoms with van der Waals surface area (Å²) in [6.45, 7) is 5.01. The zero-order chi connectivity index (χ0) is 16.3. The summed E-state index contributed by atoms with van der Waals surface area (Å²) >= 11 is 0. The van der Waals surface area contributed by atoms with Gasteiger partial charge in [-0.3, -0.25) is 4.79 Å². The van der Waals surface area contributed by atoms with Crippen molar-refractivity contribution in [2.75, 3.05) is 5.32 Å². The average Bonchev–Trinajstić information content (AvgIpc) is 2.47. The van der Waals surface area contributed by atoms with Gasteiger partial charge in [0.2, 0.25) is 5.95 Å². The smallest absolute Gasteiger partial charge is 0.223 e. The van der Waals surface area contributed by atoms with E-state index in [4.69, 9.17) is 0 Å². The van der Waals surface area contributed by atoms with E-state index in [0.717, 1.165) is 0 Å². The van der Waals surface area contributed by atoms with Gasteiger partial charge in [0, 0.05) is 6.20 Å². The van der Waals surface area contributed by atoms with Gasteiger partial charge < -0.3 is 15.5 Å². The van der Waals surface area contributed by atoms with Crippen LogP contribution < -0.4 is 5.32 Å². The first-order valence-electron chi connectivity index (χ1n) is 6.96. The number of aromatic nitrogens is 2. The molecule has 0 amide bonds. The normalized spacial score (nSPS) is 13.5. The molecule has 0 aliphatic carbocycles. The lowest BCUT2D eigenvalue weighted by molar-refractivity contribution is 0.101. The number of nitrogens with zero attached hydrogens (tertiary/aromatic N) is 2. The molecule has 2 unspecified atom stereocenters. The maximum atomic E-state index is 11.4. The number of rotatable bonds is 5. The second-order valence-corrected chi connectivity index (χ2v) is 5.22. The molecule has 1 heterocycles. The summed E-state index contributed by atoms with van der Waals surface area (Å²) in [6, 6.07) is 6.01. The van der Waals surface area contributed by atoms with E-state index < -0.39 is 6.10 Å². The van der Waals surface area contributed by atoms with Gasteiger partial charge in [0.05, 0.1) is 23.4 Å². The maximum Gasteiger partial charge on any atom is 0.223 e. The van der Waals surface area contributed by atoms with Crippen LogP contribution in [-0.2, 0) is 0 Å². The van der Waals surface area contributed by atoms with Crippen molar-refractivity contribution < 1.29 is 15.0 Å². The number of carbonyl (C=O) groups is 1. The van der Waals surface area contributed by atoms with Crippen LogP contribution in [0.15, 0.2) is 30.5 Å². The Hall–Kier alpha value is -2.47. The lowest BCUT2D eigenvalue weighted by Gasteiger charge is -2.21. The van der Waals surface area contributed by atoms with E-state index in [1.807, 2.05) is 0 Å². The second kappa shape index (κ2) is 6.53. The zero-order valence-corrected chi connectivity index (χ0v) is 12.7. The second-order valence-electron chi connectivity index (χ2n) is 5.22. The quantitative estimate of drug-likeness (QED) is 0.733. The molecule has 0 spiro atoms. The third-order valence-electron chi connectivity index (χ3n) is 3.42. The van der Waals surface area contributed by atoms with Crippen molar-refractivity contribution in [3.8, 4) is 5.75 Å². The van der Waals surface area contributed by atoms with Crippen molar-refractivity contribution in [3.63, 3.8) is 0 Å². The van der Waals surface area contributed by atoms with Crippen LogP contribution in [0.3, 0.4) is 0 Å². The fourth-order valence-corrected chi connectivity index (χ4v) is 2.12. The van der Waals surface area contributed by atoms with Gasteiger partial charge in [-0.05, 0) is 38.5 Å². The van der Waals surface area contributed by atoms with Crippen LogP contribution >= 0.6 is 0 Å². The first-order chi connectivity index (χ1) is 10.4. The number of aromatic hydroxyl groups is 1. The molecule has 0 aliphatic rings. The van der Waals surface area contributed by atoms with Gasteiger partial charge >= 0.3 is 0 Å². The third kappa shape index (κ3) is 3.59. The molecule has 2 rings (SSSR count). The van der Waals surface area contributed by atoms with Gasteiger partial charge in [-0.25, -0.2) is 9.97 Å². The first kappa shape index (κ1) is 15.9. The Balaban J connectivity index is 2.11. The SMILES string of the molecule is CC(=O)c1cnc(NC(C)C(O)c2ccc(O)cc2)nc1C. The largest absolute Gasteiger partial charge is 0.508 e. The van der Waals surface area contributed by atoms with E-state index in [1.165, 1.54) is 25.3 Å². The summed E-state index contributed by atoms with van der Waals surface area (Å²) in [7, 11) is 0. The number of anilines is 1. The van der Waals surface area contributed by atoms with Gasteiger partial charge in [0.15, 0.2) is 5.78 Å². The van der Waals surface area contributed by atoms with Crippen molar-refractivity contribution in [1.29, 1.82) is 0 Å². The molecule has 1 aromatic carbocycles. The predicted octanol–water partition coefficient (Wildman–Crippen LogP) is 2.23. The average molecular weight is 301 g/mol. The molecule has 1 aromatic heterocycles. The van der Waals surface area contributed by atoms with Crippen LogP contribution in [0.25, 0.3) is 0 Å². The highest BCUT2D eigenvalue weighted by Crippen LogP contribution is 2.21. The number of carbonyl (C=O) groups excluding carboxylic acids is 1. The standard InChI is InChI=1S/C16H19N3O3/c1-9-14(11(3)20)8-17-16(18-9)19-10(2)15(22)12-4-6-13(21)7-5-12/h4-8,10,15,21-22H,1-3H3,(H,17,18,19). The van der Waals surface area contributed by atoms with Crippen LogP contribution in [0.4, 0.5) is 5.95 Å². The van der Waals surface area contributed by atoms with Crippen LogP contribution in [0, 0.1) is 6.92 Å². The highest BCUT2D eigenvalue weighted by Gasteiger charge is 2.18. The van der Waals surface area contributed by atoms with Gasteiger partial charge in [-0.15, -0.1) is 0 Å². The summed E-state index contributed by atoms with van der Waals surface area (Å²) in [4.78, 5) is 19.7. The molecular weight excluding hydrogens is 282 g/mol. The van der Waals surface area contributed by atoms with E-state index in [-0.39, 0.29) is 17.6 Å². The van der Waals surface area contributed by atoms with Gasteiger partial charge in [-0.1, -0.05) is 12.1 Å². The fraction of sp³-hybridized carbons (Fsp3) is 0.312. The summed E-state index contributed by atoms with van der Waals surface area (Å²) in [5.74, 6) is 0.421. The molecule has 0 saturated heterocycles. The van der Waals surface area contributed by atoms with Crippen LogP contribution in [-0.4, -0.2) is 32.0 Å². The highest BCUT2D eigenvalue weighted by atomic mass is 16.3. The lowest BCUT2D eigenvalue weighted by atomic mass is 10.0. The van der Waals surface area contributed by atoms with Crippen molar-refractivity contribution in [2.24, 2.45) is 0 Å². The fourth-order valence-electron chi connectivity index (χ4n) is 2.12. The number of Topliss-reactive ketones (excluding diaryl/α,β-unsaturated/α-hetero) is 1. The number of phenols is 1. The number of aliphatic hydroxyl groups is 1. The Kier molecular flexibility index (Phi) is 4.72. The van der Waals surface area contributed by atoms with E-state index in [1.54, 1.807) is 26.0 Å². The lowest BCUT2D eigenvalue weighted by Crippen LogP contribution is -2.25. The summed E-state index contributed by atoms with van der Waals surface area (Å²) in [6.07, 6.45) is 0.698. The van der Waals surface area contributed by atoms with Crippen molar-refractivity contribution >= 4 is 11.7 Å². The van der Waals surface area contributed by atoms with E-state index in [0.29, 0.717) is 22.8 Å². The maximum absolute atomic E-state index is 11.4. The Bertz CT molecular complexity index is 671. The Morgan fingerprint density at radius 1 is 1.27 bits per heavy atom. The van der Waals surface area contributed by atoms with Crippen molar-refractivity contribution in [2.45, 2.75) is 32.9 Å². The number of aliphatic hydroxyl groups excluding tert-OH is 1. The minimum absolute atomic E-state index is 0.0822. The van der Waals surface area contributed by atoms with Gasteiger partial charge in [0.1, 0.15) is 5.75 Å². The number of nitrogens with one attached hydrogen (secondary N) is 1. The number of aryl methyl sites for hydroxylation is 1. The zero-order valence-electron chi connectivity index (χ0n) is 12.7. The molecule has 2 aromatic rings. The summed E-state index contributed by atoms with van der Waals surface area (Å²) in [5.41, 5.74) is 1.75. The molecule has 0 fully saturated rings. The molecule has 22 heavy (non-hydrogen) atoms. The number of hydrogen-bond donors (Lipinski definition) is 3. The predicted molar refractivity (Wildman–Crippen MR) is 82.9 cm³/mol. The van der Waals surface area contributed by atoms with E-state index >= 15 is 0 Å². The van der Waals surface area contributed by atoms with Crippen molar-refractivity contribution in [3.05, 3.63) is 47.3 Å². The number of benzene rings is 1. The van der Waals surface area contributed by atoms with Gasteiger partial charge in [-0.2, -0.15) is 0 Å². The molecule has 0 bridgehead atoms. The van der Waals surface area contributed by atoms with Crippen molar-refractivity contribution in [1.82, 2.24) is 9.97 Å². The first-order valence-corrected chi connectivity index (χ1v) is 6.96. The molecule has 0 aliphatic heterocycles. The van der Waals surface area contributed by atoms with E-state index in [9.17, 15) is 15.0 Å². The molecule has 0 radical (unpaired) electrons. The molecule has 6 heteroatoms. The molecule has 6 nitrogen and oxygen atoms in total. The molecule has 0 saturated carbocycles. The Morgan fingerprint density at radius 2 is 1.91 bits per heavy atom. The number of ketones is 1. The minimum Gasteiger partial charge on any atom is -0.508 e. The van der Waals surface area contributed by atoms with E-state index in [2.05, 4.69) is 15.3 Å². The van der Waals surface area contributed by atoms with Gasteiger partial charge in [0.25, 0.3) is 0 Å². The summed E-state index contributed by atoms with van der Waals surface area (Å²) < 4.78 is 0. The third-order valence-corrected chi connectivity index (χ3v) is 3.42. The Morgan fingerprint density at radius 3 is 2.45 bits per heavy atom. The molecular formula is C16H19N3O3. The minimum atomic E-state index is -0.781. The number of phenolic OH excluding ortho intramolecular Hbond substituents is 1. The Labute approximate surface area is 128 Å². The molecule has 2 atom stereocenters. The molecule has 3 N–H and O–H groups in total. The number of hydrogen-bond acceptors (Lipinski definition) is 6. The van der Waals surface area contributed by atoms with Crippen LogP contribution in [0.1, 0.15) is 41.6 Å². The monoisotopic (exact) mass is 301 g/mol. The topological polar surface area (TPSA) is 95.3 Å².